The molecule has 2 aromatic heterocycles. The molecule has 70 valence electrons. The monoisotopic (exact) mass is 186 g/mol. The number of aromatic nitrogens is 1. The number of furan rings is 1. The van der Waals surface area contributed by atoms with E-state index in [-0.39, 0.29) is 0 Å². The molecule has 2 rings (SSSR count). The Balaban J connectivity index is 2.15. The first kappa shape index (κ1) is 8.75. The van der Waals surface area contributed by atoms with Crippen molar-refractivity contribution in [2.75, 3.05) is 0 Å². The van der Waals surface area contributed by atoms with Crippen LogP contribution in [0.4, 0.5) is 0 Å². The van der Waals surface area contributed by atoms with Crippen molar-refractivity contribution in [1.29, 1.82) is 0 Å². The van der Waals surface area contributed by atoms with Gasteiger partial charge in [-0.2, -0.15) is 0 Å². The molecule has 0 aromatic carbocycles. The lowest BCUT2D eigenvalue weighted by Crippen LogP contribution is -2.25. The maximum absolute atomic E-state index is 5.19. The summed E-state index contributed by atoms with van der Waals surface area (Å²) in [5, 5.41) is 0. The number of aryl methyl sites for hydroxylation is 1. The summed E-state index contributed by atoms with van der Waals surface area (Å²) in [6.07, 6.45) is 9.68. The topological polar surface area (TPSA) is 17.0 Å². The molecule has 2 heteroatoms. The SMILES string of the molecule is C[n+]1ccc(/C=C/c2ccco2)cc1. The lowest BCUT2D eigenvalue weighted by atomic mass is 10.2. The molecule has 0 unspecified atom stereocenters. The zero-order valence-electron chi connectivity index (χ0n) is 8.05. The zero-order valence-corrected chi connectivity index (χ0v) is 8.05. The number of rotatable bonds is 2. The van der Waals surface area contributed by atoms with Gasteiger partial charge < -0.3 is 4.42 Å². The Labute approximate surface area is 83.1 Å². The summed E-state index contributed by atoms with van der Waals surface area (Å²) in [5.74, 6) is 0.873. The van der Waals surface area contributed by atoms with E-state index in [1.807, 2.05) is 48.3 Å². The molecule has 0 fully saturated rings. The standard InChI is InChI=1S/C12H12NO/c1-13-8-6-11(7-9-13)4-5-12-3-2-10-14-12/h2-10H,1H3/q+1/b5-4+. The second-order valence-corrected chi connectivity index (χ2v) is 3.15. The highest BCUT2D eigenvalue weighted by molar-refractivity contribution is 5.66. The highest BCUT2D eigenvalue weighted by Crippen LogP contribution is 2.06. The van der Waals surface area contributed by atoms with Crippen molar-refractivity contribution in [3.05, 3.63) is 54.2 Å². The van der Waals surface area contributed by atoms with Crippen LogP contribution in [0.15, 0.2) is 47.3 Å². The van der Waals surface area contributed by atoms with E-state index in [0.29, 0.717) is 0 Å². The Morgan fingerprint density at radius 1 is 1.14 bits per heavy atom. The van der Waals surface area contributed by atoms with Crippen LogP contribution in [-0.4, -0.2) is 0 Å². The van der Waals surface area contributed by atoms with Crippen LogP contribution < -0.4 is 4.57 Å². The summed E-state index contributed by atoms with van der Waals surface area (Å²) in [6.45, 7) is 0. The molecule has 2 aromatic rings. The van der Waals surface area contributed by atoms with Crippen LogP contribution in [0.25, 0.3) is 12.2 Å². The predicted octanol–water partition coefficient (Wildman–Crippen LogP) is 2.27. The predicted molar refractivity (Wildman–Crippen MR) is 55.3 cm³/mol. The van der Waals surface area contributed by atoms with E-state index in [1.54, 1.807) is 6.26 Å². The van der Waals surface area contributed by atoms with Gasteiger partial charge in [-0.1, -0.05) is 6.08 Å². The van der Waals surface area contributed by atoms with E-state index in [2.05, 4.69) is 12.1 Å². The molecule has 0 aliphatic rings. The van der Waals surface area contributed by atoms with Crippen LogP contribution in [0.2, 0.25) is 0 Å². The Kier molecular flexibility index (Phi) is 2.45. The van der Waals surface area contributed by atoms with Gasteiger partial charge in [-0.15, -0.1) is 0 Å². The van der Waals surface area contributed by atoms with Crippen LogP contribution in [0.1, 0.15) is 11.3 Å². The molecule has 0 atom stereocenters. The van der Waals surface area contributed by atoms with Gasteiger partial charge in [0.2, 0.25) is 0 Å². The minimum Gasteiger partial charge on any atom is -0.465 e. The van der Waals surface area contributed by atoms with Crippen molar-refractivity contribution in [1.82, 2.24) is 0 Å². The van der Waals surface area contributed by atoms with Crippen molar-refractivity contribution >= 4 is 12.2 Å². The molecule has 0 aliphatic carbocycles. The van der Waals surface area contributed by atoms with E-state index >= 15 is 0 Å². The largest absolute Gasteiger partial charge is 0.465 e. The summed E-state index contributed by atoms with van der Waals surface area (Å²) in [7, 11) is 2.00. The van der Waals surface area contributed by atoms with Gasteiger partial charge in [-0.3, -0.25) is 0 Å². The third-order valence-corrected chi connectivity index (χ3v) is 1.99. The molecule has 0 spiro atoms. The zero-order chi connectivity index (χ0) is 9.80. The van der Waals surface area contributed by atoms with E-state index in [9.17, 15) is 0 Å². The molecule has 2 nitrogen and oxygen atoms in total. The molecular formula is C12H12NO+. The molecular weight excluding hydrogens is 174 g/mol. The van der Waals surface area contributed by atoms with Crippen molar-refractivity contribution in [2.45, 2.75) is 0 Å². The molecule has 0 bridgehead atoms. The van der Waals surface area contributed by atoms with Crippen LogP contribution in [0.5, 0.6) is 0 Å². The highest BCUT2D eigenvalue weighted by Gasteiger charge is 1.92. The van der Waals surface area contributed by atoms with Gasteiger partial charge in [-0.25, -0.2) is 4.57 Å². The molecule has 0 saturated heterocycles. The van der Waals surface area contributed by atoms with E-state index < -0.39 is 0 Å². The summed E-state index contributed by atoms with van der Waals surface area (Å²) < 4.78 is 7.19. The second kappa shape index (κ2) is 3.92. The van der Waals surface area contributed by atoms with Crippen molar-refractivity contribution in [2.24, 2.45) is 7.05 Å². The molecule has 0 N–H and O–H groups in total. The van der Waals surface area contributed by atoms with Gasteiger partial charge in [0.25, 0.3) is 0 Å². The second-order valence-electron chi connectivity index (χ2n) is 3.15. The Morgan fingerprint density at radius 2 is 1.93 bits per heavy atom. The van der Waals surface area contributed by atoms with E-state index in [0.717, 1.165) is 5.76 Å². The fraction of sp³-hybridized carbons (Fsp3) is 0.0833. The average Bonchev–Trinajstić information content (AvgIpc) is 2.70. The van der Waals surface area contributed by atoms with Crippen LogP contribution >= 0.6 is 0 Å². The van der Waals surface area contributed by atoms with Crippen molar-refractivity contribution < 1.29 is 8.98 Å². The van der Waals surface area contributed by atoms with E-state index in [1.165, 1.54) is 5.56 Å². The molecule has 0 saturated carbocycles. The Bertz CT molecular complexity index is 412. The number of pyridine rings is 1. The van der Waals surface area contributed by atoms with Crippen molar-refractivity contribution in [3.8, 4) is 0 Å². The highest BCUT2D eigenvalue weighted by atomic mass is 16.3. The molecule has 0 amide bonds. The Morgan fingerprint density at radius 3 is 2.57 bits per heavy atom. The van der Waals surface area contributed by atoms with Gasteiger partial charge in [0, 0.05) is 12.1 Å². The average molecular weight is 186 g/mol. The first-order valence-electron chi connectivity index (χ1n) is 4.51. The first-order chi connectivity index (χ1) is 6.84. The summed E-state index contributed by atoms with van der Waals surface area (Å²) in [5.41, 5.74) is 1.17. The fourth-order valence-corrected chi connectivity index (χ4v) is 1.19. The smallest absolute Gasteiger partial charge is 0.169 e. The van der Waals surface area contributed by atoms with E-state index in [4.69, 9.17) is 4.42 Å². The van der Waals surface area contributed by atoms with Crippen LogP contribution in [0, 0.1) is 0 Å². The van der Waals surface area contributed by atoms with Gasteiger partial charge >= 0.3 is 0 Å². The van der Waals surface area contributed by atoms with Gasteiger partial charge in [0.15, 0.2) is 12.4 Å². The lowest BCUT2D eigenvalue weighted by molar-refractivity contribution is -0.671. The maximum atomic E-state index is 5.19. The number of nitrogens with zero attached hydrogens (tertiary/aromatic N) is 1. The van der Waals surface area contributed by atoms with Crippen molar-refractivity contribution in [3.63, 3.8) is 0 Å². The third kappa shape index (κ3) is 2.10. The fourth-order valence-electron chi connectivity index (χ4n) is 1.19. The Hall–Kier alpha value is -1.83. The molecule has 2 heterocycles. The summed E-state index contributed by atoms with van der Waals surface area (Å²) in [4.78, 5) is 0. The maximum Gasteiger partial charge on any atom is 0.169 e. The van der Waals surface area contributed by atoms with Crippen LogP contribution in [-0.2, 0) is 7.05 Å². The van der Waals surface area contributed by atoms with Gasteiger partial charge in [-0.05, 0) is 23.8 Å². The minimum atomic E-state index is 0.873. The lowest BCUT2D eigenvalue weighted by Gasteiger charge is -1.89. The first-order valence-corrected chi connectivity index (χ1v) is 4.51. The van der Waals surface area contributed by atoms with Crippen LogP contribution in [0.3, 0.4) is 0 Å². The number of hydrogen-bond acceptors (Lipinski definition) is 1. The summed E-state index contributed by atoms with van der Waals surface area (Å²) >= 11 is 0. The number of hydrogen-bond donors (Lipinski definition) is 0. The van der Waals surface area contributed by atoms with Gasteiger partial charge in [0.1, 0.15) is 12.8 Å². The normalized spacial score (nSPS) is 10.9. The third-order valence-electron chi connectivity index (χ3n) is 1.99. The molecule has 0 radical (unpaired) electrons. The quantitative estimate of drug-likeness (QED) is 0.657. The molecule has 0 aliphatic heterocycles. The van der Waals surface area contributed by atoms with Gasteiger partial charge in [0.05, 0.1) is 6.26 Å². The molecule has 14 heavy (non-hydrogen) atoms. The minimum absolute atomic E-state index is 0.873. The summed E-state index contributed by atoms with van der Waals surface area (Å²) in [6, 6.07) is 7.92.